The molecule has 0 radical (unpaired) electrons. The number of aromatic nitrogens is 1. The van der Waals surface area contributed by atoms with Crippen molar-refractivity contribution < 1.29 is 4.79 Å². The predicted octanol–water partition coefficient (Wildman–Crippen LogP) is 1.80. The van der Waals surface area contributed by atoms with Crippen LogP contribution in [0.2, 0.25) is 0 Å². The summed E-state index contributed by atoms with van der Waals surface area (Å²) in [5, 5.41) is 2.95. The largest absolute Gasteiger partial charge is 0.351 e. The highest BCUT2D eigenvalue weighted by molar-refractivity contribution is 5.95. The zero-order valence-electron chi connectivity index (χ0n) is 11.7. The minimum Gasteiger partial charge on any atom is -0.351 e. The van der Waals surface area contributed by atoms with Gasteiger partial charge in [-0.25, -0.2) is 0 Å². The van der Waals surface area contributed by atoms with E-state index in [0.717, 1.165) is 17.8 Å². The Hall–Kier alpha value is -1.42. The predicted molar refractivity (Wildman–Crippen MR) is 73.5 cm³/mol. The van der Waals surface area contributed by atoms with Crippen LogP contribution in [0.3, 0.4) is 0 Å². The van der Waals surface area contributed by atoms with Crippen molar-refractivity contribution in [1.82, 2.24) is 10.3 Å². The quantitative estimate of drug-likeness (QED) is 0.836. The van der Waals surface area contributed by atoms with Crippen molar-refractivity contribution in [2.75, 3.05) is 13.1 Å². The molecule has 0 aliphatic rings. The Labute approximate surface area is 109 Å². The summed E-state index contributed by atoms with van der Waals surface area (Å²) in [6.45, 7) is 9.22. The third-order valence-electron chi connectivity index (χ3n) is 3.02. The molecule has 1 heterocycles. The lowest BCUT2D eigenvalue weighted by Crippen LogP contribution is -2.35. The normalized spacial score (nSPS) is 11.4. The summed E-state index contributed by atoms with van der Waals surface area (Å²) in [7, 11) is 0. The van der Waals surface area contributed by atoms with Crippen molar-refractivity contribution in [2.45, 2.75) is 34.1 Å². The van der Waals surface area contributed by atoms with Gasteiger partial charge >= 0.3 is 0 Å². The second kappa shape index (κ2) is 5.96. The number of amides is 1. The topological polar surface area (TPSA) is 68.0 Å². The number of carbonyl (C=O) groups is 1. The summed E-state index contributed by atoms with van der Waals surface area (Å²) in [4.78, 5) is 16.3. The van der Waals surface area contributed by atoms with Crippen molar-refractivity contribution in [3.8, 4) is 0 Å². The fourth-order valence-electron chi connectivity index (χ4n) is 1.82. The van der Waals surface area contributed by atoms with Gasteiger partial charge < -0.3 is 11.1 Å². The van der Waals surface area contributed by atoms with Crippen molar-refractivity contribution in [1.29, 1.82) is 0 Å². The smallest absolute Gasteiger partial charge is 0.253 e. The van der Waals surface area contributed by atoms with Gasteiger partial charge in [-0.2, -0.15) is 0 Å². The van der Waals surface area contributed by atoms with E-state index >= 15 is 0 Å². The summed E-state index contributed by atoms with van der Waals surface area (Å²) < 4.78 is 0. The van der Waals surface area contributed by atoms with Gasteiger partial charge in [0.05, 0.1) is 11.3 Å². The number of hydrogen-bond acceptors (Lipinski definition) is 3. The Bertz CT molecular complexity index is 427. The minimum atomic E-state index is -0.0647. The number of carbonyl (C=O) groups excluding carboxylic acids is 1. The van der Waals surface area contributed by atoms with Gasteiger partial charge in [-0.15, -0.1) is 0 Å². The van der Waals surface area contributed by atoms with Crippen LogP contribution < -0.4 is 11.1 Å². The molecule has 0 atom stereocenters. The molecular formula is C14H23N3O. The van der Waals surface area contributed by atoms with Crippen LogP contribution in [0, 0.1) is 19.3 Å². The molecule has 4 nitrogen and oxygen atoms in total. The third-order valence-corrected chi connectivity index (χ3v) is 3.02. The van der Waals surface area contributed by atoms with Crippen LogP contribution in [-0.4, -0.2) is 24.0 Å². The molecule has 18 heavy (non-hydrogen) atoms. The first-order valence-electron chi connectivity index (χ1n) is 6.28. The first-order valence-corrected chi connectivity index (χ1v) is 6.28. The molecule has 0 fully saturated rings. The monoisotopic (exact) mass is 249 g/mol. The van der Waals surface area contributed by atoms with Crippen LogP contribution >= 0.6 is 0 Å². The van der Waals surface area contributed by atoms with Crippen molar-refractivity contribution in [2.24, 2.45) is 11.1 Å². The third kappa shape index (κ3) is 4.11. The molecule has 1 amide bonds. The van der Waals surface area contributed by atoms with Crippen LogP contribution in [0.15, 0.2) is 12.1 Å². The van der Waals surface area contributed by atoms with Crippen LogP contribution in [0.4, 0.5) is 0 Å². The fourth-order valence-corrected chi connectivity index (χ4v) is 1.82. The minimum absolute atomic E-state index is 0.0242. The van der Waals surface area contributed by atoms with Gasteiger partial charge in [-0.3, -0.25) is 9.78 Å². The lowest BCUT2D eigenvalue weighted by Gasteiger charge is -2.24. The number of hydrogen-bond donors (Lipinski definition) is 2. The highest BCUT2D eigenvalue weighted by Gasteiger charge is 2.19. The molecule has 0 saturated carbocycles. The Morgan fingerprint density at radius 1 is 1.39 bits per heavy atom. The van der Waals surface area contributed by atoms with E-state index in [2.05, 4.69) is 24.1 Å². The maximum absolute atomic E-state index is 12.0. The number of nitrogens with one attached hydrogen (secondary N) is 1. The molecule has 1 rings (SSSR count). The van der Waals surface area contributed by atoms with Gasteiger partial charge in [0.2, 0.25) is 0 Å². The van der Waals surface area contributed by atoms with Gasteiger partial charge in [0.15, 0.2) is 0 Å². The molecule has 3 N–H and O–H groups in total. The zero-order valence-corrected chi connectivity index (χ0v) is 11.7. The molecule has 0 bridgehead atoms. The van der Waals surface area contributed by atoms with E-state index in [4.69, 9.17) is 5.73 Å². The van der Waals surface area contributed by atoms with E-state index in [1.807, 2.05) is 26.0 Å². The van der Waals surface area contributed by atoms with Crippen molar-refractivity contribution in [3.05, 3.63) is 29.1 Å². The Kier molecular flexibility index (Phi) is 4.84. The summed E-state index contributed by atoms with van der Waals surface area (Å²) in [5.74, 6) is -0.0647. The van der Waals surface area contributed by atoms with E-state index in [1.165, 1.54) is 0 Å². The van der Waals surface area contributed by atoms with Gasteiger partial charge in [0.25, 0.3) is 5.91 Å². The van der Waals surface area contributed by atoms with E-state index in [9.17, 15) is 4.79 Å². The second-order valence-electron chi connectivity index (χ2n) is 5.47. The average molecular weight is 249 g/mol. The van der Waals surface area contributed by atoms with Gasteiger partial charge in [0.1, 0.15) is 0 Å². The summed E-state index contributed by atoms with van der Waals surface area (Å²) >= 11 is 0. The molecule has 0 aliphatic heterocycles. The summed E-state index contributed by atoms with van der Waals surface area (Å²) in [6.07, 6.45) is 0.887. The highest BCUT2D eigenvalue weighted by Crippen LogP contribution is 2.18. The highest BCUT2D eigenvalue weighted by atomic mass is 16.1. The van der Waals surface area contributed by atoms with Gasteiger partial charge in [-0.05, 0) is 44.4 Å². The van der Waals surface area contributed by atoms with E-state index in [0.29, 0.717) is 18.7 Å². The first-order chi connectivity index (χ1) is 8.35. The second-order valence-corrected chi connectivity index (χ2v) is 5.47. The maximum Gasteiger partial charge on any atom is 0.253 e. The number of aryl methyl sites for hydroxylation is 2. The van der Waals surface area contributed by atoms with E-state index in [-0.39, 0.29) is 11.3 Å². The lowest BCUT2D eigenvalue weighted by molar-refractivity contribution is 0.0934. The van der Waals surface area contributed by atoms with E-state index < -0.39 is 0 Å². The molecule has 0 saturated heterocycles. The fraction of sp³-hybridized carbons (Fsp3) is 0.571. The molecule has 1 aromatic rings. The molecule has 0 aliphatic carbocycles. The van der Waals surface area contributed by atoms with Crippen LogP contribution in [0.25, 0.3) is 0 Å². The van der Waals surface area contributed by atoms with E-state index in [1.54, 1.807) is 0 Å². The first kappa shape index (κ1) is 14.6. The molecular weight excluding hydrogens is 226 g/mol. The van der Waals surface area contributed by atoms with Crippen molar-refractivity contribution >= 4 is 5.91 Å². The molecule has 0 aromatic carbocycles. The van der Waals surface area contributed by atoms with Gasteiger partial charge in [0, 0.05) is 12.2 Å². The van der Waals surface area contributed by atoms with Crippen LogP contribution in [-0.2, 0) is 0 Å². The SMILES string of the molecule is Cc1ccc(C(=O)NCC(C)(C)CCN)c(C)n1. The lowest BCUT2D eigenvalue weighted by atomic mass is 9.89. The molecule has 0 unspecified atom stereocenters. The number of pyridine rings is 1. The van der Waals surface area contributed by atoms with Gasteiger partial charge in [-0.1, -0.05) is 13.8 Å². The Morgan fingerprint density at radius 3 is 2.61 bits per heavy atom. The molecule has 4 heteroatoms. The maximum atomic E-state index is 12.0. The van der Waals surface area contributed by atoms with Crippen molar-refractivity contribution in [3.63, 3.8) is 0 Å². The molecule has 1 aromatic heterocycles. The Morgan fingerprint density at radius 2 is 2.06 bits per heavy atom. The summed E-state index contributed by atoms with van der Waals surface area (Å²) in [6, 6.07) is 3.68. The number of rotatable bonds is 5. The Balaban J connectivity index is 2.66. The van der Waals surface area contributed by atoms with Crippen LogP contribution in [0.1, 0.15) is 42.0 Å². The average Bonchev–Trinajstić information content (AvgIpc) is 2.26. The number of nitrogens with two attached hydrogens (primary N) is 1. The number of nitrogens with zero attached hydrogens (tertiary/aromatic N) is 1. The molecule has 100 valence electrons. The molecule has 0 spiro atoms. The van der Waals surface area contributed by atoms with Crippen LogP contribution in [0.5, 0.6) is 0 Å². The standard InChI is InChI=1S/C14H23N3O/c1-10-5-6-12(11(2)17-10)13(18)16-9-14(3,4)7-8-15/h5-6H,7-9,15H2,1-4H3,(H,16,18). The summed E-state index contributed by atoms with van der Waals surface area (Å²) in [5.41, 5.74) is 7.91. The zero-order chi connectivity index (χ0) is 13.8.